The SMILES string of the molecule is c1ccc([Si](c2ccccc2)(c2ccc3c(c2)-n2c4ccccc4c4cccc(c42)C32c3ccccc3Oc3ccccc32)c2cccc3c2oc2ccccc23)cc1. The van der Waals surface area contributed by atoms with Gasteiger partial charge in [0.2, 0.25) is 0 Å². The standard InChI is InChI=1S/C55H35NO2Si/c1-3-17-36(18-4-1)59(37-19-5-2-6-20-37,52-32-16-24-42-40-22-8-12-29-49(40)58-54(42)52)38-33-34-43-48(35-38)56-47-28-11-7-21-39(47)41-23-15-27-46(53(41)56)55(43)44-25-9-13-30-50(44)57-51-31-14-10-26-45(51)55/h1-35H. The Morgan fingerprint density at radius 2 is 0.983 bits per heavy atom. The highest BCUT2D eigenvalue weighted by molar-refractivity contribution is 7.20. The monoisotopic (exact) mass is 769 g/mol. The van der Waals surface area contributed by atoms with Crippen molar-refractivity contribution in [1.82, 2.24) is 4.57 Å². The van der Waals surface area contributed by atoms with Gasteiger partial charge < -0.3 is 13.7 Å². The fraction of sp³-hybridized carbons (Fsp3) is 0.0182. The number of aromatic nitrogens is 1. The highest BCUT2D eigenvalue weighted by Gasteiger charge is 2.51. The Bertz CT molecular complexity index is 3400. The average Bonchev–Trinajstić information content (AvgIpc) is 3.86. The summed E-state index contributed by atoms with van der Waals surface area (Å²) in [5, 5.41) is 9.89. The van der Waals surface area contributed by atoms with Crippen LogP contribution in [0.2, 0.25) is 0 Å². The van der Waals surface area contributed by atoms with Crippen LogP contribution in [0.5, 0.6) is 11.5 Å². The Morgan fingerprint density at radius 1 is 0.407 bits per heavy atom. The molecule has 0 saturated heterocycles. The molecule has 13 rings (SSSR count). The molecule has 4 heteroatoms. The van der Waals surface area contributed by atoms with Gasteiger partial charge in [-0.1, -0.05) is 182 Å². The average molecular weight is 770 g/mol. The van der Waals surface area contributed by atoms with E-state index in [-0.39, 0.29) is 0 Å². The molecule has 0 N–H and O–H groups in total. The summed E-state index contributed by atoms with van der Waals surface area (Å²) in [4.78, 5) is 0. The molecule has 0 unspecified atom stereocenters. The quantitative estimate of drug-likeness (QED) is 0.132. The largest absolute Gasteiger partial charge is 0.457 e. The second-order valence-electron chi connectivity index (χ2n) is 15.9. The summed E-state index contributed by atoms with van der Waals surface area (Å²) in [5.41, 5.74) is 9.61. The lowest BCUT2D eigenvalue weighted by atomic mass is 9.62. The number of fused-ring (bicyclic) bond motifs is 14. The van der Waals surface area contributed by atoms with E-state index < -0.39 is 13.5 Å². The van der Waals surface area contributed by atoms with Gasteiger partial charge in [0.05, 0.1) is 22.1 Å². The van der Waals surface area contributed by atoms with Crippen molar-refractivity contribution >= 4 is 72.6 Å². The van der Waals surface area contributed by atoms with Crippen LogP contribution in [0.25, 0.3) is 49.4 Å². The molecule has 0 amide bonds. The van der Waals surface area contributed by atoms with E-state index in [1.165, 1.54) is 59.4 Å². The minimum atomic E-state index is -3.14. The summed E-state index contributed by atoms with van der Waals surface area (Å²) in [6, 6.07) is 78.2. The highest BCUT2D eigenvalue weighted by atomic mass is 28.3. The first-order chi connectivity index (χ1) is 29.3. The Balaban J connectivity index is 1.24. The third-order valence-electron chi connectivity index (χ3n) is 13.2. The van der Waals surface area contributed by atoms with Crippen molar-refractivity contribution in [3.8, 4) is 17.2 Å². The van der Waals surface area contributed by atoms with Gasteiger partial charge in [0.15, 0.2) is 8.07 Å². The van der Waals surface area contributed by atoms with Crippen LogP contribution in [0, 0.1) is 0 Å². The molecule has 4 heterocycles. The van der Waals surface area contributed by atoms with Crippen LogP contribution in [0.3, 0.4) is 0 Å². The predicted molar refractivity (Wildman–Crippen MR) is 244 cm³/mol. The van der Waals surface area contributed by atoms with Crippen molar-refractivity contribution in [1.29, 1.82) is 0 Å². The zero-order valence-corrected chi connectivity index (χ0v) is 33.0. The maximum absolute atomic E-state index is 6.99. The molecule has 9 aromatic carbocycles. The van der Waals surface area contributed by atoms with E-state index in [0.717, 1.165) is 44.6 Å². The number of hydrogen-bond acceptors (Lipinski definition) is 2. The molecule has 2 aliphatic rings. The molecule has 0 bridgehead atoms. The van der Waals surface area contributed by atoms with Gasteiger partial charge in [0.1, 0.15) is 22.7 Å². The van der Waals surface area contributed by atoms with Crippen LogP contribution in [-0.4, -0.2) is 12.6 Å². The fourth-order valence-corrected chi connectivity index (χ4v) is 15.8. The lowest BCUT2D eigenvalue weighted by Gasteiger charge is -2.45. The lowest BCUT2D eigenvalue weighted by Crippen LogP contribution is -2.75. The maximum Gasteiger partial charge on any atom is 0.184 e. The van der Waals surface area contributed by atoms with Crippen LogP contribution < -0.4 is 25.5 Å². The van der Waals surface area contributed by atoms with Crippen molar-refractivity contribution in [2.75, 3.05) is 0 Å². The molecule has 0 fully saturated rings. The van der Waals surface area contributed by atoms with Crippen molar-refractivity contribution in [2.45, 2.75) is 5.41 Å². The van der Waals surface area contributed by atoms with Crippen LogP contribution in [-0.2, 0) is 5.41 Å². The smallest absolute Gasteiger partial charge is 0.184 e. The van der Waals surface area contributed by atoms with E-state index in [2.05, 4.69) is 217 Å². The van der Waals surface area contributed by atoms with E-state index in [1.54, 1.807) is 0 Å². The molecule has 3 nitrogen and oxygen atoms in total. The van der Waals surface area contributed by atoms with Crippen molar-refractivity contribution in [3.63, 3.8) is 0 Å². The molecule has 0 radical (unpaired) electrons. The van der Waals surface area contributed by atoms with Crippen molar-refractivity contribution < 1.29 is 9.15 Å². The third kappa shape index (κ3) is 4.15. The number of nitrogens with zero attached hydrogens (tertiary/aromatic N) is 1. The molecule has 0 atom stereocenters. The van der Waals surface area contributed by atoms with Gasteiger partial charge in [0, 0.05) is 32.7 Å². The van der Waals surface area contributed by atoms with Gasteiger partial charge in [-0.25, -0.2) is 0 Å². The summed E-state index contributed by atoms with van der Waals surface area (Å²) < 4.78 is 16.3. The van der Waals surface area contributed by atoms with Crippen LogP contribution >= 0.6 is 0 Å². The molecule has 1 spiro atoms. The zero-order chi connectivity index (χ0) is 38.7. The summed E-state index contributed by atoms with van der Waals surface area (Å²) in [6.07, 6.45) is 0. The number of rotatable bonds is 4. The van der Waals surface area contributed by atoms with Gasteiger partial charge in [-0.15, -0.1) is 0 Å². The molecule has 276 valence electrons. The Labute approximate surface area is 342 Å². The van der Waals surface area contributed by atoms with E-state index in [0.29, 0.717) is 0 Å². The van der Waals surface area contributed by atoms with E-state index >= 15 is 0 Å². The van der Waals surface area contributed by atoms with Crippen molar-refractivity contribution in [3.05, 3.63) is 235 Å². The second-order valence-corrected chi connectivity index (χ2v) is 19.7. The molecule has 0 saturated carbocycles. The number of furan rings is 1. The zero-order valence-electron chi connectivity index (χ0n) is 32.0. The number of hydrogen-bond donors (Lipinski definition) is 0. The molecule has 2 aromatic heterocycles. The molecule has 59 heavy (non-hydrogen) atoms. The first-order valence-corrected chi connectivity index (χ1v) is 22.3. The second kappa shape index (κ2) is 12.1. The van der Waals surface area contributed by atoms with Crippen LogP contribution in [0.1, 0.15) is 22.3 Å². The number of benzene rings is 9. The maximum atomic E-state index is 6.99. The molecule has 11 aromatic rings. The first kappa shape index (κ1) is 32.7. The van der Waals surface area contributed by atoms with Crippen LogP contribution in [0.15, 0.2) is 217 Å². The summed E-state index contributed by atoms with van der Waals surface area (Å²) in [7, 11) is -3.14. The molecular weight excluding hydrogens is 735 g/mol. The van der Waals surface area contributed by atoms with E-state index in [1.807, 2.05) is 0 Å². The minimum Gasteiger partial charge on any atom is -0.457 e. The lowest BCUT2D eigenvalue weighted by molar-refractivity contribution is 0.434. The van der Waals surface area contributed by atoms with Gasteiger partial charge in [-0.2, -0.15) is 0 Å². The predicted octanol–water partition coefficient (Wildman–Crippen LogP) is 10.9. The van der Waals surface area contributed by atoms with Gasteiger partial charge in [-0.3, -0.25) is 0 Å². The first-order valence-electron chi connectivity index (χ1n) is 20.3. The highest BCUT2D eigenvalue weighted by Crippen LogP contribution is 2.60. The third-order valence-corrected chi connectivity index (χ3v) is 18.0. The number of para-hydroxylation sites is 6. The number of ether oxygens (including phenoxy) is 1. The molecule has 2 aliphatic heterocycles. The Kier molecular flexibility index (Phi) is 6.67. The van der Waals surface area contributed by atoms with Crippen LogP contribution in [0.4, 0.5) is 0 Å². The van der Waals surface area contributed by atoms with Gasteiger partial charge >= 0.3 is 0 Å². The Morgan fingerprint density at radius 3 is 1.73 bits per heavy atom. The molecular formula is C55H35NO2Si. The Hall–Kier alpha value is -7.40. The summed E-state index contributed by atoms with van der Waals surface area (Å²) in [6.45, 7) is 0. The minimum absolute atomic E-state index is 0.647. The van der Waals surface area contributed by atoms with E-state index in [4.69, 9.17) is 9.15 Å². The summed E-state index contributed by atoms with van der Waals surface area (Å²) in [5.74, 6) is 1.77. The normalized spacial score (nSPS) is 13.7. The fourth-order valence-electron chi connectivity index (χ4n) is 10.9. The summed E-state index contributed by atoms with van der Waals surface area (Å²) >= 11 is 0. The van der Waals surface area contributed by atoms with E-state index in [9.17, 15) is 0 Å². The van der Waals surface area contributed by atoms with Gasteiger partial charge in [-0.05, 0) is 62.2 Å². The van der Waals surface area contributed by atoms with Crippen molar-refractivity contribution in [2.24, 2.45) is 0 Å². The molecule has 0 aliphatic carbocycles. The topological polar surface area (TPSA) is 27.3 Å². The van der Waals surface area contributed by atoms with Gasteiger partial charge in [0.25, 0.3) is 0 Å².